The Bertz CT molecular complexity index is 1110. The maximum Gasteiger partial charge on any atom is 0.455 e. The van der Waals surface area contributed by atoms with E-state index < -0.39 is 0 Å². The van der Waals surface area contributed by atoms with Crippen molar-refractivity contribution in [3.05, 3.63) is 36.2 Å². The monoisotopic (exact) mass is 425 g/mol. The van der Waals surface area contributed by atoms with Crippen LogP contribution in [0, 0.1) is 0 Å². The van der Waals surface area contributed by atoms with Gasteiger partial charge in [-0.3, -0.25) is 0 Å². The molecule has 6 rings (SSSR count). The minimum atomic E-state index is -0.0951. The molecular weight excluding hydrogens is 392 g/mol. The molecule has 0 atom stereocenters. The number of nitrogens with zero attached hydrogens (tertiary/aromatic N) is 7. The Morgan fingerprint density at radius 1 is 0.844 bits per heavy atom. The third kappa shape index (κ3) is 2.16. The van der Waals surface area contributed by atoms with Crippen LogP contribution in [-0.4, -0.2) is 83.1 Å². The largest absolute Gasteiger partial charge is 0.455 e. The molecule has 5 heterocycles. The first-order chi connectivity index (χ1) is 15.0. The molecule has 7 nitrogen and oxygen atoms in total. The first-order valence-electron chi connectivity index (χ1n) is 12.0. The number of hydrogen-bond acceptors (Lipinski definition) is 6. The van der Waals surface area contributed by atoms with Gasteiger partial charge in [-0.1, -0.05) is 46.4 Å². The molecular formula is C20H32B5N7. The standard InChI is InChI=1S/C20H32B5N7/c1-19(2)17-14-26-18-15-12-10-11-13-16(15)30-23(7)32-22(6)27(8)21(5)28(9)24(32)31(20(19,3)4)25(30)29(17)18/h10-14H,1-9H3. The molecule has 0 saturated carbocycles. The lowest BCUT2D eigenvalue weighted by Crippen LogP contribution is -2.94. The highest BCUT2D eigenvalue weighted by Gasteiger charge is 2.68. The van der Waals surface area contributed by atoms with Crippen LogP contribution in [0.4, 0.5) is 5.69 Å². The highest BCUT2D eigenvalue weighted by atomic mass is 15.5. The molecule has 1 aromatic heterocycles. The summed E-state index contributed by atoms with van der Waals surface area (Å²) in [6.07, 6.45) is 2.13. The van der Waals surface area contributed by atoms with E-state index in [2.05, 4.69) is 121 Å². The first kappa shape index (κ1) is 21.0. The van der Waals surface area contributed by atoms with Crippen molar-refractivity contribution in [1.82, 2.24) is 28.3 Å². The van der Waals surface area contributed by atoms with Gasteiger partial charge in [-0.2, -0.15) is 0 Å². The van der Waals surface area contributed by atoms with E-state index in [9.17, 15) is 0 Å². The van der Waals surface area contributed by atoms with Crippen LogP contribution in [0.1, 0.15) is 33.4 Å². The lowest BCUT2D eigenvalue weighted by molar-refractivity contribution is 0.157. The highest BCUT2D eigenvalue weighted by Crippen LogP contribution is 2.52. The molecule has 0 radical (unpaired) electrons. The highest BCUT2D eigenvalue weighted by molar-refractivity contribution is 7.02. The van der Waals surface area contributed by atoms with Gasteiger partial charge in [0.05, 0.1) is 0 Å². The molecule has 2 aromatic rings. The lowest BCUT2D eigenvalue weighted by Gasteiger charge is -2.69. The zero-order valence-electron chi connectivity index (χ0n) is 20.9. The van der Waals surface area contributed by atoms with Gasteiger partial charge in [0.15, 0.2) is 0 Å². The van der Waals surface area contributed by atoms with E-state index in [1.807, 2.05) is 0 Å². The molecule has 0 N–H and O–H groups in total. The average Bonchev–Trinajstić information content (AvgIpc) is 3.21. The summed E-state index contributed by atoms with van der Waals surface area (Å²) in [6.45, 7) is 17.6. The Labute approximate surface area is 194 Å². The lowest BCUT2D eigenvalue weighted by atomic mass is 9.35. The second kappa shape index (κ2) is 6.29. The van der Waals surface area contributed by atoms with Crippen LogP contribution >= 0.6 is 0 Å². The van der Waals surface area contributed by atoms with Crippen LogP contribution in [0.15, 0.2) is 30.5 Å². The maximum atomic E-state index is 5.01. The number of hydrogen-bond donors (Lipinski definition) is 0. The van der Waals surface area contributed by atoms with Gasteiger partial charge in [0.1, 0.15) is 5.82 Å². The minimum absolute atomic E-state index is 0.0738. The predicted octanol–water partition coefficient (Wildman–Crippen LogP) is 2.11. The van der Waals surface area contributed by atoms with E-state index in [0.29, 0.717) is 14.0 Å². The van der Waals surface area contributed by atoms with Crippen molar-refractivity contribution < 1.29 is 0 Å². The van der Waals surface area contributed by atoms with Gasteiger partial charge in [0.25, 0.3) is 14.0 Å². The molecule has 12 heteroatoms. The van der Waals surface area contributed by atoms with Crippen molar-refractivity contribution in [1.29, 1.82) is 0 Å². The maximum absolute atomic E-state index is 5.01. The summed E-state index contributed by atoms with van der Waals surface area (Å²) in [5.41, 5.74) is 3.67. The molecule has 0 aliphatic carbocycles. The molecule has 32 heavy (non-hydrogen) atoms. The second-order valence-corrected chi connectivity index (χ2v) is 11.2. The summed E-state index contributed by atoms with van der Waals surface area (Å²) in [5.74, 6) is 1.10. The molecule has 2 saturated heterocycles. The van der Waals surface area contributed by atoms with Crippen LogP contribution in [0.25, 0.3) is 11.4 Å². The van der Waals surface area contributed by atoms with E-state index >= 15 is 0 Å². The summed E-state index contributed by atoms with van der Waals surface area (Å²) >= 11 is 0. The molecule has 4 aliphatic rings. The van der Waals surface area contributed by atoms with E-state index in [1.165, 1.54) is 16.9 Å². The summed E-state index contributed by atoms with van der Waals surface area (Å²) in [5, 5.41) is 0. The zero-order chi connectivity index (χ0) is 22.9. The smallest absolute Gasteiger partial charge is 0.415 e. The Morgan fingerprint density at radius 2 is 1.53 bits per heavy atom. The normalized spacial score (nSPS) is 24.7. The molecule has 0 bridgehead atoms. The molecule has 1 aromatic carbocycles. The van der Waals surface area contributed by atoms with Crippen molar-refractivity contribution in [3.63, 3.8) is 0 Å². The Hall–Kier alpha value is -1.61. The van der Waals surface area contributed by atoms with Crippen LogP contribution in [0.3, 0.4) is 0 Å². The van der Waals surface area contributed by atoms with Crippen LogP contribution in [0.2, 0.25) is 20.5 Å². The summed E-state index contributed by atoms with van der Waals surface area (Å²) < 4.78 is 15.7. The molecule has 2 fully saturated rings. The van der Waals surface area contributed by atoms with Crippen molar-refractivity contribution in [2.24, 2.45) is 0 Å². The molecule has 4 aliphatic heterocycles. The number of benzene rings is 1. The number of imidazole rings is 1. The van der Waals surface area contributed by atoms with Crippen molar-refractivity contribution in [3.8, 4) is 11.4 Å². The third-order valence-corrected chi connectivity index (χ3v) is 9.68. The van der Waals surface area contributed by atoms with Gasteiger partial charge in [0, 0.05) is 34.1 Å². The SMILES string of the molecule is CB1N(C)B(C)N2B(C)N3B4N(B2N1C)C(C)(C)C(C)(C)c1cnc(n14)-c1ccccc13. The van der Waals surface area contributed by atoms with E-state index in [-0.39, 0.29) is 32.2 Å². The van der Waals surface area contributed by atoms with Crippen molar-refractivity contribution in [2.45, 2.75) is 59.1 Å². The summed E-state index contributed by atoms with van der Waals surface area (Å²) in [6, 6.07) is 8.82. The fraction of sp³-hybridized carbons (Fsp3) is 0.550. The molecule has 0 spiro atoms. The Morgan fingerprint density at radius 3 is 2.25 bits per heavy atom. The van der Waals surface area contributed by atoms with Gasteiger partial charge in [-0.15, -0.1) is 0 Å². The Balaban J connectivity index is 1.68. The quantitative estimate of drug-likeness (QED) is 0.603. The van der Waals surface area contributed by atoms with Gasteiger partial charge >= 0.3 is 21.2 Å². The summed E-state index contributed by atoms with van der Waals surface area (Å²) in [4.78, 5) is 5.01. The number of anilines is 1. The van der Waals surface area contributed by atoms with Crippen LogP contribution in [0.5, 0.6) is 0 Å². The molecule has 0 unspecified atom stereocenters. The number of rotatable bonds is 0. The first-order valence-corrected chi connectivity index (χ1v) is 12.0. The predicted molar refractivity (Wildman–Crippen MR) is 138 cm³/mol. The number of aromatic nitrogens is 2. The topological polar surface area (TPSA) is 34.0 Å². The minimum Gasteiger partial charge on any atom is -0.415 e. The van der Waals surface area contributed by atoms with Gasteiger partial charge in [0.2, 0.25) is 0 Å². The van der Waals surface area contributed by atoms with E-state index in [4.69, 9.17) is 4.98 Å². The average molecular weight is 425 g/mol. The molecule has 162 valence electrons. The van der Waals surface area contributed by atoms with Crippen LogP contribution in [-0.2, 0) is 5.41 Å². The fourth-order valence-electron chi connectivity index (χ4n) is 6.77. The fourth-order valence-corrected chi connectivity index (χ4v) is 6.77. The Kier molecular flexibility index (Phi) is 4.12. The van der Waals surface area contributed by atoms with E-state index in [0.717, 1.165) is 5.82 Å². The molecule has 0 amide bonds. The number of fused-ring (bicyclic) bond motifs is 5. The van der Waals surface area contributed by atoms with Crippen molar-refractivity contribution in [2.75, 3.05) is 18.8 Å². The number of para-hydroxylation sites is 1. The summed E-state index contributed by atoms with van der Waals surface area (Å²) in [7, 11) is 4.83. The van der Waals surface area contributed by atoms with Gasteiger partial charge < -0.3 is 28.0 Å². The van der Waals surface area contributed by atoms with E-state index in [1.54, 1.807) is 0 Å². The van der Waals surface area contributed by atoms with Gasteiger partial charge in [-0.25, -0.2) is 4.98 Å². The van der Waals surface area contributed by atoms with Crippen molar-refractivity contribution >= 4 is 40.9 Å². The van der Waals surface area contributed by atoms with Gasteiger partial charge in [-0.05, 0) is 40.1 Å². The zero-order valence-corrected chi connectivity index (χ0v) is 20.9. The second-order valence-electron chi connectivity index (χ2n) is 11.2. The third-order valence-electron chi connectivity index (χ3n) is 9.68. The van der Waals surface area contributed by atoms with Crippen LogP contribution < -0.4 is 4.72 Å².